The molecule has 28 heavy (non-hydrogen) atoms. The van der Waals surface area contributed by atoms with Gasteiger partial charge in [0.15, 0.2) is 17.2 Å². The summed E-state index contributed by atoms with van der Waals surface area (Å²) >= 11 is 1.59. The summed E-state index contributed by atoms with van der Waals surface area (Å²) in [5.74, 6) is 0.550. The Kier molecular flexibility index (Phi) is 3.62. The third kappa shape index (κ3) is 2.61. The van der Waals surface area contributed by atoms with Crippen LogP contribution in [-0.4, -0.2) is 29.4 Å². The number of hydrogen-bond acceptors (Lipinski definition) is 5. The number of halogens is 3. The lowest BCUT2D eigenvalue weighted by Crippen LogP contribution is -2.15. The van der Waals surface area contributed by atoms with E-state index >= 15 is 0 Å². The van der Waals surface area contributed by atoms with Crippen LogP contribution in [0.2, 0.25) is 0 Å². The van der Waals surface area contributed by atoms with Gasteiger partial charge in [0.25, 0.3) is 0 Å². The van der Waals surface area contributed by atoms with Crippen LogP contribution in [0.4, 0.5) is 13.2 Å². The van der Waals surface area contributed by atoms with Gasteiger partial charge >= 0.3 is 6.18 Å². The van der Waals surface area contributed by atoms with E-state index in [1.54, 1.807) is 29.1 Å². The van der Waals surface area contributed by atoms with E-state index in [-0.39, 0.29) is 5.92 Å². The highest BCUT2D eigenvalue weighted by atomic mass is 32.1. The van der Waals surface area contributed by atoms with Gasteiger partial charge in [-0.25, -0.2) is 14.5 Å². The van der Waals surface area contributed by atoms with E-state index in [4.69, 9.17) is 0 Å². The molecular formula is C18H17F3N6S. The second-order valence-corrected chi connectivity index (χ2v) is 8.50. The fourth-order valence-corrected chi connectivity index (χ4v) is 4.48. The van der Waals surface area contributed by atoms with Crippen molar-refractivity contribution in [1.82, 2.24) is 29.4 Å². The lowest BCUT2D eigenvalue weighted by atomic mass is 10.2. The number of thiophene rings is 1. The molecule has 1 aliphatic rings. The number of nitrogens with zero attached hydrogens (tertiary/aromatic N) is 6. The van der Waals surface area contributed by atoms with Gasteiger partial charge in [-0.3, -0.25) is 4.68 Å². The Balaban J connectivity index is 1.64. The second kappa shape index (κ2) is 5.76. The van der Waals surface area contributed by atoms with Crippen molar-refractivity contribution in [3.05, 3.63) is 40.0 Å². The summed E-state index contributed by atoms with van der Waals surface area (Å²) in [4.78, 5) is 11.1. The Hall–Kier alpha value is -2.49. The van der Waals surface area contributed by atoms with Gasteiger partial charge in [-0.2, -0.15) is 18.3 Å². The maximum Gasteiger partial charge on any atom is 0.435 e. The van der Waals surface area contributed by atoms with Crippen LogP contribution >= 0.6 is 11.3 Å². The average molecular weight is 406 g/mol. The maximum absolute atomic E-state index is 13.2. The molecule has 0 radical (unpaired) electrons. The highest BCUT2D eigenvalue weighted by Crippen LogP contribution is 2.43. The van der Waals surface area contributed by atoms with E-state index in [2.05, 4.69) is 20.2 Å². The molecule has 146 valence electrons. The van der Waals surface area contributed by atoms with Crippen LogP contribution in [0.1, 0.15) is 59.4 Å². The number of alkyl halides is 3. The quantitative estimate of drug-likeness (QED) is 0.497. The molecule has 0 unspecified atom stereocenters. The summed E-state index contributed by atoms with van der Waals surface area (Å²) < 4.78 is 42.6. The van der Waals surface area contributed by atoms with E-state index in [0.29, 0.717) is 17.2 Å². The summed E-state index contributed by atoms with van der Waals surface area (Å²) in [5, 5.41) is 9.29. The summed E-state index contributed by atoms with van der Waals surface area (Å²) in [7, 11) is 0. The van der Waals surface area contributed by atoms with Gasteiger partial charge in [0.1, 0.15) is 17.2 Å². The molecule has 5 rings (SSSR count). The zero-order valence-electron chi connectivity index (χ0n) is 15.4. The fraction of sp³-hybridized carbons (Fsp3) is 0.444. The normalized spacial score (nSPS) is 16.4. The zero-order chi connectivity index (χ0) is 19.8. The first kappa shape index (κ1) is 17.6. The number of aryl methyl sites for hydroxylation is 2. The standard InChI is InChI=1S/C18H17F3N6S/c1-8-10(3)28-17-14(8)16-23-15(25-26(16)7-22-17)9(2)27-12(11-4-5-11)6-13(24-27)18(19,20)21/h6-7,9,11H,4-5H2,1-3H3/t9-/m1/s1. The van der Waals surface area contributed by atoms with Crippen molar-refractivity contribution >= 4 is 27.2 Å². The fourth-order valence-electron chi connectivity index (χ4n) is 3.49. The van der Waals surface area contributed by atoms with Crippen molar-refractivity contribution in [2.45, 2.75) is 51.7 Å². The first-order chi connectivity index (χ1) is 13.2. The minimum atomic E-state index is -4.47. The number of aromatic nitrogens is 6. The highest BCUT2D eigenvalue weighted by molar-refractivity contribution is 7.18. The van der Waals surface area contributed by atoms with Gasteiger partial charge in [0, 0.05) is 16.5 Å². The minimum absolute atomic E-state index is 0.123. The number of fused-ring (bicyclic) bond motifs is 3. The van der Waals surface area contributed by atoms with E-state index < -0.39 is 17.9 Å². The van der Waals surface area contributed by atoms with Crippen LogP contribution in [0.25, 0.3) is 15.9 Å². The Bertz CT molecular complexity index is 1210. The van der Waals surface area contributed by atoms with Gasteiger partial charge in [0.2, 0.25) is 0 Å². The van der Waals surface area contributed by atoms with E-state index in [0.717, 1.165) is 39.6 Å². The van der Waals surface area contributed by atoms with Gasteiger partial charge in [-0.1, -0.05) is 0 Å². The van der Waals surface area contributed by atoms with Crippen molar-refractivity contribution in [1.29, 1.82) is 0 Å². The van der Waals surface area contributed by atoms with Crippen LogP contribution < -0.4 is 0 Å². The van der Waals surface area contributed by atoms with Crippen molar-refractivity contribution in [2.75, 3.05) is 0 Å². The summed E-state index contributed by atoms with van der Waals surface area (Å²) in [5.41, 5.74) is 1.51. The van der Waals surface area contributed by atoms with Crippen molar-refractivity contribution in [3.63, 3.8) is 0 Å². The minimum Gasteiger partial charge on any atom is -0.258 e. The van der Waals surface area contributed by atoms with Crippen LogP contribution in [0.3, 0.4) is 0 Å². The molecule has 0 spiro atoms. The molecule has 1 fully saturated rings. The Morgan fingerprint density at radius 2 is 1.96 bits per heavy atom. The average Bonchev–Trinajstić information content (AvgIpc) is 3.11. The van der Waals surface area contributed by atoms with Crippen molar-refractivity contribution < 1.29 is 13.2 Å². The smallest absolute Gasteiger partial charge is 0.258 e. The van der Waals surface area contributed by atoms with Gasteiger partial charge in [-0.15, -0.1) is 16.4 Å². The van der Waals surface area contributed by atoms with E-state index in [1.807, 2.05) is 13.8 Å². The van der Waals surface area contributed by atoms with E-state index in [9.17, 15) is 13.2 Å². The summed E-state index contributed by atoms with van der Waals surface area (Å²) in [6.07, 6.45) is -1.11. The molecule has 0 N–H and O–H groups in total. The highest BCUT2D eigenvalue weighted by Gasteiger charge is 2.39. The Labute approximate surface area is 162 Å². The molecule has 4 aromatic rings. The van der Waals surface area contributed by atoms with Gasteiger partial charge in [0.05, 0.1) is 5.39 Å². The van der Waals surface area contributed by atoms with Crippen LogP contribution in [0.15, 0.2) is 12.4 Å². The van der Waals surface area contributed by atoms with Crippen molar-refractivity contribution in [3.8, 4) is 0 Å². The monoisotopic (exact) mass is 406 g/mol. The molecule has 1 saturated carbocycles. The number of hydrogen-bond donors (Lipinski definition) is 0. The molecule has 10 heteroatoms. The molecule has 6 nitrogen and oxygen atoms in total. The lowest BCUT2D eigenvalue weighted by Gasteiger charge is -2.12. The molecule has 4 heterocycles. The Morgan fingerprint density at radius 3 is 2.64 bits per heavy atom. The molecule has 1 atom stereocenters. The molecule has 0 saturated heterocycles. The Morgan fingerprint density at radius 1 is 1.21 bits per heavy atom. The summed E-state index contributed by atoms with van der Waals surface area (Å²) in [6.45, 7) is 5.83. The second-order valence-electron chi connectivity index (χ2n) is 7.29. The topological polar surface area (TPSA) is 60.9 Å². The summed E-state index contributed by atoms with van der Waals surface area (Å²) in [6, 6.07) is 0.650. The largest absolute Gasteiger partial charge is 0.435 e. The lowest BCUT2D eigenvalue weighted by molar-refractivity contribution is -0.141. The van der Waals surface area contributed by atoms with E-state index in [1.165, 1.54) is 4.68 Å². The third-order valence-electron chi connectivity index (χ3n) is 5.31. The predicted octanol–water partition coefficient (Wildman–Crippen LogP) is 4.66. The molecule has 0 amide bonds. The third-order valence-corrected chi connectivity index (χ3v) is 6.43. The first-order valence-corrected chi connectivity index (χ1v) is 9.83. The zero-order valence-corrected chi connectivity index (χ0v) is 16.3. The molecular weight excluding hydrogens is 389 g/mol. The predicted molar refractivity (Wildman–Crippen MR) is 98.7 cm³/mol. The van der Waals surface area contributed by atoms with Crippen LogP contribution in [0, 0.1) is 13.8 Å². The molecule has 0 aliphatic heterocycles. The SMILES string of the molecule is Cc1sc2ncn3nc([C@@H](C)n4nc(C(F)(F)F)cc4C4CC4)nc3c2c1C. The van der Waals surface area contributed by atoms with Gasteiger partial charge < -0.3 is 0 Å². The number of rotatable bonds is 3. The molecule has 1 aliphatic carbocycles. The molecule has 0 aromatic carbocycles. The maximum atomic E-state index is 13.2. The van der Waals surface area contributed by atoms with Crippen LogP contribution in [-0.2, 0) is 6.18 Å². The van der Waals surface area contributed by atoms with Crippen LogP contribution in [0.5, 0.6) is 0 Å². The molecule has 0 bridgehead atoms. The van der Waals surface area contributed by atoms with Crippen molar-refractivity contribution in [2.24, 2.45) is 0 Å². The first-order valence-electron chi connectivity index (χ1n) is 9.01. The molecule has 4 aromatic heterocycles. The van der Waals surface area contributed by atoms with Gasteiger partial charge in [-0.05, 0) is 45.2 Å².